The highest BCUT2D eigenvalue weighted by Crippen LogP contribution is 2.22. The largest absolute Gasteiger partial charge is 0.391 e. The van der Waals surface area contributed by atoms with Crippen LogP contribution in [0, 0.1) is 5.92 Å². The van der Waals surface area contributed by atoms with E-state index < -0.39 is 0 Å². The van der Waals surface area contributed by atoms with Crippen LogP contribution in [0.5, 0.6) is 0 Å². The smallest absolute Gasteiger partial charge is 0.0802 e. The number of β-amino-alcohol motifs (C(OH)–C–C–N with tert-alkyl or cyclic N) is 1. The Morgan fingerprint density at radius 2 is 2.23 bits per heavy atom. The van der Waals surface area contributed by atoms with E-state index in [1.54, 1.807) is 0 Å². The van der Waals surface area contributed by atoms with E-state index >= 15 is 0 Å². The summed E-state index contributed by atoms with van der Waals surface area (Å²) in [6.45, 7) is 6.36. The lowest BCUT2D eigenvalue weighted by Gasteiger charge is -2.38. The van der Waals surface area contributed by atoms with Crippen molar-refractivity contribution < 1.29 is 5.11 Å². The van der Waals surface area contributed by atoms with Gasteiger partial charge in [0, 0.05) is 18.5 Å². The number of hydrogen-bond donors (Lipinski definition) is 1. The van der Waals surface area contributed by atoms with E-state index in [-0.39, 0.29) is 6.10 Å². The van der Waals surface area contributed by atoms with Crippen LogP contribution in [-0.4, -0.2) is 41.1 Å². The molecular formula is C10H20ClNO. The van der Waals surface area contributed by atoms with Crippen LogP contribution in [0.25, 0.3) is 0 Å². The number of likely N-dealkylation sites (tertiary alicyclic amines) is 1. The first-order valence-corrected chi connectivity index (χ1v) is 5.66. The zero-order valence-corrected chi connectivity index (χ0v) is 9.30. The zero-order valence-electron chi connectivity index (χ0n) is 8.54. The minimum absolute atomic E-state index is 0.345. The molecule has 1 heterocycles. The van der Waals surface area contributed by atoms with Crippen molar-refractivity contribution in [2.24, 2.45) is 5.92 Å². The molecule has 3 unspecified atom stereocenters. The molecule has 0 aromatic rings. The molecule has 1 N–H and O–H groups in total. The standard InChI is InChI=1S/C10H20ClNO/c1-8-4-3-5-12(9(8)2)7-10(13)6-11/h8-10,13H,3-7H2,1-2H3. The molecule has 13 heavy (non-hydrogen) atoms. The monoisotopic (exact) mass is 205 g/mol. The number of alkyl halides is 1. The highest BCUT2D eigenvalue weighted by molar-refractivity contribution is 6.18. The highest BCUT2D eigenvalue weighted by atomic mass is 35.5. The van der Waals surface area contributed by atoms with Crippen molar-refractivity contribution in [3.63, 3.8) is 0 Å². The van der Waals surface area contributed by atoms with Crippen LogP contribution in [0.2, 0.25) is 0 Å². The summed E-state index contributed by atoms with van der Waals surface area (Å²) in [6, 6.07) is 0.589. The minimum atomic E-state index is -0.366. The molecule has 0 aliphatic carbocycles. The second-order valence-electron chi connectivity index (χ2n) is 4.16. The third kappa shape index (κ3) is 3.12. The number of rotatable bonds is 3. The predicted molar refractivity (Wildman–Crippen MR) is 56.2 cm³/mol. The van der Waals surface area contributed by atoms with Gasteiger partial charge in [-0.3, -0.25) is 4.90 Å². The first-order chi connectivity index (χ1) is 6.15. The quantitative estimate of drug-likeness (QED) is 0.710. The Balaban J connectivity index is 2.39. The van der Waals surface area contributed by atoms with Crippen molar-refractivity contribution in [2.45, 2.75) is 38.8 Å². The molecule has 0 aromatic carbocycles. The van der Waals surface area contributed by atoms with Gasteiger partial charge in [-0.2, -0.15) is 0 Å². The fraction of sp³-hybridized carbons (Fsp3) is 1.00. The van der Waals surface area contributed by atoms with Gasteiger partial charge in [0.05, 0.1) is 6.10 Å². The Morgan fingerprint density at radius 3 is 2.85 bits per heavy atom. The molecule has 3 heteroatoms. The maximum absolute atomic E-state index is 9.44. The number of halogens is 1. The summed E-state index contributed by atoms with van der Waals surface area (Å²) < 4.78 is 0. The van der Waals surface area contributed by atoms with Crippen molar-refractivity contribution in [1.82, 2.24) is 4.90 Å². The maximum Gasteiger partial charge on any atom is 0.0802 e. The summed E-state index contributed by atoms with van der Waals surface area (Å²) >= 11 is 5.58. The molecule has 1 rings (SSSR count). The Morgan fingerprint density at radius 1 is 1.54 bits per heavy atom. The van der Waals surface area contributed by atoms with Crippen molar-refractivity contribution in [2.75, 3.05) is 19.0 Å². The molecule has 1 fully saturated rings. The second kappa shape index (κ2) is 5.18. The Labute approximate surface area is 85.9 Å². The average Bonchev–Trinajstić information content (AvgIpc) is 2.13. The topological polar surface area (TPSA) is 23.5 Å². The third-order valence-corrected chi connectivity index (χ3v) is 3.48. The average molecular weight is 206 g/mol. The van der Waals surface area contributed by atoms with Gasteiger partial charge in [0.1, 0.15) is 0 Å². The Kier molecular flexibility index (Phi) is 4.50. The van der Waals surface area contributed by atoms with Gasteiger partial charge < -0.3 is 5.11 Å². The molecule has 0 radical (unpaired) electrons. The van der Waals surface area contributed by atoms with Gasteiger partial charge in [0.15, 0.2) is 0 Å². The number of aliphatic hydroxyl groups excluding tert-OH is 1. The normalized spacial score (nSPS) is 33.2. The predicted octanol–water partition coefficient (Wildman–Crippen LogP) is 1.71. The summed E-state index contributed by atoms with van der Waals surface area (Å²) in [7, 11) is 0. The summed E-state index contributed by atoms with van der Waals surface area (Å²) in [5.41, 5.74) is 0. The molecule has 1 saturated heterocycles. The van der Waals surface area contributed by atoms with E-state index in [1.807, 2.05) is 0 Å². The van der Waals surface area contributed by atoms with Gasteiger partial charge in [-0.15, -0.1) is 11.6 Å². The van der Waals surface area contributed by atoms with Crippen molar-refractivity contribution in [1.29, 1.82) is 0 Å². The molecular weight excluding hydrogens is 186 g/mol. The van der Waals surface area contributed by atoms with E-state index in [0.717, 1.165) is 19.0 Å². The van der Waals surface area contributed by atoms with E-state index in [9.17, 15) is 5.11 Å². The van der Waals surface area contributed by atoms with Gasteiger partial charge >= 0.3 is 0 Å². The molecule has 0 amide bonds. The molecule has 78 valence electrons. The van der Waals surface area contributed by atoms with E-state index in [4.69, 9.17) is 11.6 Å². The lowest BCUT2D eigenvalue weighted by molar-refractivity contribution is 0.0605. The number of aliphatic hydroxyl groups is 1. The number of hydrogen-bond acceptors (Lipinski definition) is 2. The summed E-state index contributed by atoms with van der Waals surface area (Å²) in [4.78, 5) is 2.35. The molecule has 3 atom stereocenters. The van der Waals surface area contributed by atoms with Crippen LogP contribution in [0.1, 0.15) is 26.7 Å². The SMILES string of the molecule is CC1CCCN(CC(O)CCl)C1C. The summed E-state index contributed by atoms with van der Waals surface area (Å²) in [6.07, 6.45) is 2.20. The third-order valence-electron chi connectivity index (χ3n) is 3.13. The lowest BCUT2D eigenvalue weighted by atomic mass is 9.92. The van der Waals surface area contributed by atoms with Gasteiger partial charge in [0.25, 0.3) is 0 Å². The molecule has 2 nitrogen and oxygen atoms in total. The number of nitrogens with zero attached hydrogens (tertiary/aromatic N) is 1. The molecule has 0 spiro atoms. The van der Waals surface area contributed by atoms with Gasteiger partial charge in [-0.25, -0.2) is 0 Å². The van der Waals surface area contributed by atoms with Gasteiger partial charge in [-0.1, -0.05) is 6.92 Å². The van der Waals surface area contributed by atoms with Crippen LogP contribution < -0.4 is 0 Å². The van der Waals surface area contributed by atoms with Crippen molar-refractivity contribution >= 4 is 11.6 Å². The molecule has 1 aliphatic heterocycles. The lowest BCUT2D eigenvalue weighted by Crippen LogP contribution is -2.46. The molecule has 0 saturated carbocycles. The molecule has 0 bridgehead atoms. The Hall–Kier alpha value is 0.210. The van der Waals surface area contributed by atoms with Crippen LogP contribution in [0.15, 0.2) is 0 Å². The first-order valence-electron chi connectivity index (χ1n) is 5.13. The first kappa shape index (κ1) is 11.3. The maximum atomic E-state index is 9.44. The van der Waals surface area contributed by atoms with Crippen LogP contribution in [-0.2, 0) is 0 Å². The van der Waals surface area contributed by atoms with Crippen LogP contribution >= 0.6 is 11.6 Å². The van der Waals surface area contributed by atoms with Gasteiger partial charge in [-0.05, 0) is 32.2 Å². The van der Waals surface area contributed by atoms with Crippen molar-refractivity contribution in [3.05, 3.63) is 0 Å². The van der Waals surface area contributed by atoms with Crippen LogP contribution in [0.4, 0.5) is 0 Å². The summed E-state index contributed by atoms with van der Waals surface area (Å²) in [5.74, 6) is 1.09. The molecule has 0 aromatic heterocycles. The zero-order chi connectivity index (χ0) is 9.84. The van der Waals surface area contributed by atoms with Gasteiger partial charge in [0.2, 0.25) is 0 Å². The fourth-order valence-electron chi connectivity index (χ4n) is 2.00. The van der Waals surface area contributed by atoms with E-state index in [2.05, 4.69) is 18.7 Å². The highest BCUT2D eigenvalue weighted by Gasteiger charge is 2.25. The van der Waals surface area contributed by atoms with E-state index in [1.165, 1.54) is 12.8 Å². The van der Waals surface area contributed by atoms with Crippen LogP contribution in [0.3, 0.4) is 0 Å². The minimum Gasteiger partial charge on any atom is -0.391 e. The van der Waals surface area contributed by atoms with E-state index in [0.29, 0.717) is 11.9 Å². The fourth-order valence-corrected chi connectivity index (χ4v) is 2.10. The Bertz CT molecular complexity index is 154. The number of piperidine rings is 1. The second-order valence-corrected chi connectivity index (χ2v) is 4.47. The van der Waals surface area contributed by atoms with Crippen molar-refractivity contribution in [3.8, 4) is 0 Å². The molecule has 1 aliphatic rings. The summed E-state index contributed by atoms with van der Waals surface area (Å²) in [5, 5.41) is 9.44.